The van der Waals surface area contributed by atoms with Crippen LogP contribution in [-0.4, -0.2) is 25.5 Å². The Hall–Kier alpha value is -0.630. The van der Waals surface area contributed by atoms with E-state index >= 15 is 0 Å². The van der Waals surface area contributed by atoms with E-state index in [4.69, 9.17) is 13.6 Å². The number of fused-ring (bicyclic) bond motifs is 2. The van der Waals surface area contributed by atoms with Gasteiger partial charge in [0.1, 0.15) is 0 Å². The predicted molar refractivity (Wildman–Crippen MR) is 99.8 cm³/mol. The second-order valence-corrected chi connectivity index (χ2v) is 11.9. The van der Waals surface area contributed by atoms with Gasteiger partial charge in [0.15, 0.2) is 0 Å². The summed E-state index contributed by atoms with van der Waals surface area (Å²) in [7, 11) is -2.72. The summed E-state index contributed by atoms with van der Waals surface area (Å²) in [4.78, 5) is 0. The summed E-state index contributed by atoms with van der Waals surface area (Å²) < 4.78 is 18.8. The Labute approximate surface area is 146 Å². The van der Waals surface area contributed by atoms with Crippen LogP contribution in [0.4, 0.5) is 0 Å². The fourth-order valence-corrected chi connectivity index (χ4v) is 9.94. The van der Waals surface area contributed by atoms with Gasteiger partial charge in [-0.05, 0) is 0 Å². The summed E-state index contributed by atoms with van der Waals surface area (Å²) in [6, 6.07) is 8.51. The summed E-state index contributed by atoms with van der Waals surface area (Å²) in [6.07, 6.45) is 12.6. The molecule has 134 valence electrons. The van der Waals surface area contributed by atoms with Crippen LogP contribution in [0.2, 0.25) is 0 Å². The van der Waals surface area contributed by atoms with Gasteiger partial charge in [0, 0.05) is 0 Å². The van der Waals surface area contributed by atoms with Crippen LogP contribution in [0.15, 0.2) is 24.3 Å². The van der Waals surface area contributed by atoms with E-state index in [0.29, 0.717) is 5.41 Å². The van der Waals surface area contributed by atoms with Crippen LogP contribution in [0.3, 0.4) is 0 Å². The molecule has 5 saturated heterocycles. The number of hydrogen-bond donors (Lipinski definition) is 0. The molecule has 0 radical (unpaired) electrons. The predicted octanol–water partition coefficient (Wildman–Crippen LogP) is 5.72. The molecule has 24 heavy (non-hydrogen) atoms. The molecule has 2 bridgehead atoms. The number of rotatable bonds is 10. The maximum atomic E-state index is 6.53. The van der Waals surface area contributed by atoms with E-state index in [1.807, 2.05) is 0 Å². The Morgan fingerprint density at radius 3 is 2.29 bits per heavy atom. The van der Waals surface area contributed by atoms with Crippen LogP contribution in [0.25, 0.3) is 0 Å². The van der Waals surface area contributed by atoms with Crippen LogP contribution in [0, 0.1) is 5.41 Å². The van der Waals surface area contributed by atoms with Crippen molar-refractivity contribution >= 4 is 7.28 Å². The van der Waals surface area contributed by atoms with E-state index in [1.165, 1.54) is 50.5 Å². The molecule has 4 heteroatoms. The molecule has 3 nitrogen and oxygen atoms in total. The van der Waals surface area contributed by atoms with Crippen molar-refractivity contribution in [1.29, 1.82) is 0 Å². The van der Waals surface area contributed by atoms with Crippen molar-refractivity contribution in [3.63, 3.8) is 0 Å². The molecule has 0 N–H and O–H groups in total. The number of benzene rings is 1. The average molecular weight is 350 g/mol. The standard InChI is InChI=1S/C20H31O3P/c1-2-3-4-5-6-7-8-11-18-12-9-10-13-19(18)23-24-16-20(17-24,14-21-24)15-22-24/h9-10,12-13H,2-8,11,14-17H2,1H3. The molecule has 0 saturated carbocycles. The van der Waals surface area contributed by atoms with Gasteiger partial charge in [-0.3, -0.25) is 0 Å². The zero-order valence-electron chi connectivity index (χ0n) is 15.0. The number of hydrogen-bond acceptors (Lipinski definition) is 3. The zero-order chi connectivity index (χ0) is 16.5. The third-order valence-corrected chi connectivity index (χ3v) is 10.5. The molecule has 0 amide bonds. The van der Waals surface area contributed by atoms with Crippen molar-refractivity contribution in [3.05, 3.63) is 29.8 Å². The molecule has 0 atom stereocenters. The van der Waals surface area contributed by atoms with E-state index in [2.05, 4.69) is 31.2 Å². The Morgan fingerprint density at radius 1 is 0.958 bits per heavy atom. The Morgan fingerprint density at radius 2 is 1.62 bits per heavy atom. The maximum absolute atomic E-state index is 6.53. The van der Waals surface area contributed by atoms with E-state index < -0.39 is 7.28 Å². The first-order valence-electron chi connectivity index (χ1n) is 9.76. The van der Waals surface area contributed by atoms with Crippen LogP contribution in [-0.2, 0) is 15.5 Å². The summed E-state index contributed by atoms with van der Waals surface area (Å²) in [5.74, 6) is 1.01. The molecule has 0 aliphatic carbocycles. The Kier molecular flexibility index (Phi) is 4.39. The molecule has 6 rings (SSSR count). The van der Waals surface area contributed by atoms with Crippen LogP contribution < -0.4 is 4.52 Å². The van der Waals surface area contributed by atoms with Crippen LogP contribution in [0.5, 0.6) is 5.75 Å². The fourth-order valence-electron chi connectivity index (χ4n) is 4.66. The van der Waals surface area contributed by atoms with Crippen molar-refractivity contribution < 1.29 is 13.6 Å². The van der Waals surface area contributed by atoms with Crippen molar-refractivity contribution in [2.45, 2.75) is 58.3 Å². The zero-order valence-corrected chi connectivity index (χ0v) is 15.9. The quantitative estimate of drug-likeness (QED) is 0.399. The number of para-hydroxylation sites is 1. The van der Waals surface area contributed by atoms with Gasteiger partial charge in [-0.1, -0.05) is 0 Å². The molecule has 5 heterocycles. The van der Waals surface area contributed by atoms with Crippen LogP contribution in [0.1, 0.15) is 57.4 Å². The topological polar surface area (TPSA) is 27.7 Å². The van der Waals surface area contributed by atoms with Crippen molar-refractivity contribution in [3.8, 4) is 5.75 Å². The van der Waals surface area contributed by atoms with Gasteiger partial charge in [0.2, 0.25) is 0 Å². The summed E-state index contributed by atoms with van der Waals surface area (Å²) in [6.45, 7) is 3.98. The third kappa shape index (κ3) is 2.89. The van der Waals surface area contributed by atoms with E-state index in [0.717, 1.165) is 37.7 Å². The average Bonchev–Trinajstić information content (AvgIpc) is 3.25. The molecule has 5 aliphatic rings. The SMILES string of the molecule is CCCCCCCCCc1ccccc1OP123CC(CO1)(CO2)C3. The van der Waals surface area contributed by atoms with Gasteiger partial charge in [-0.15, -0.1) is 0 Å². The van der Waals surface area contributed by atoms with Crippen molar-refractivity contribution in [2.24, 2.45) is 5.41 Å². The molecule has 5 fully saturated rings. The van der Waals surface area contributed by atoms with E-state index in [-0.39, 0.29) is 0 Å². The first kappa shape index (κ1) is 16.8. The fraction of sp³-hybridized carbons (Fsp3) is 0.700. The van der Waals surface area contributed by atoms with Gasteiger partial charge < -0.3 is 0 Å². The Bertz CT molecular complexity index is 580. The second-order valence-electron chi connectivity index (χ2n) is 8.16. The van der Waals surface area contributed by atoms with E-state index in [9.17, 15) is 0 Å². The van der Waals surface area contributed by atoms with Gasteiger partial charge in [0.05, 0.1) is 0 Å². The van der Waals surface area contributed by atoms with Crippen molar-refractivity contribution in [2.75, 3.05) is 25.5 Å². The molecule has 0 unspecified atom stereocenters. The first-order chi connectivity index (χ1) is 11.7. The van der Waals surface area contributed by atoms with Crippen LogP contribution >= 0.6 is 7.28 Å². The second kappa shape index (κ2) is 6.27. The molecule has 1 aromatic carbocycles. The van der Waals surface area contributed by atoms with Crippen molar-refractivity contribution in [1.82, 2.24) is 0 Å². The summed E-state index contributed by atoms with van der Waals surface area (Å²) in [5, 5.41) is 0. The monoisotopic (exact) mass is 350 g/mol. The summed E-state index contributed by atoms with van der Waals surface area (Å²) in [5.41, 5.74) is 1.63. The number of aryl methyl sites for hydroxylation is 1. The Balaban J connectivity index is 1.31. The molecule has 0 spiro atoms. The van der Waals surface area contributed by atoms with Gasteiger partial charge in [-0.2, -0.15) is 0 Å². The third-order valence-electron chi connectivity index (χ3n) is 5.92. The minimum atomic E-state index is -2.72. The number of unbranched alkanes of at least 4 members (excludes halogenated alkanes) is 6. The van der Waals surface area contributed by atoms with Gasteiger partial charge in [-0.25, -0.2) is 0 Å². The molecule has 1 aromatic rings. The minimum absolute atomic E-state index is 0.311. The first-order valence-corrected chi connectivity index (χ1v) is 12.1. The van der Waals surface area contributed by atoms with E-state index in [1.54, 1.807) is 0 Å². The normalized spacial score (nSPS) is 29.6. The molecular weight excluding hydrogens is 319 g/mol. The summed E-state index contributed by atoms with van der Waals surface area (Å²) >= 11 is 0. The van der Waals surface area contributed by atoms with Gasteiger partial charge >= 0.3 is 146 Å². The molecular formula is C20H31O3P. The van der Waals surface area contributed by atoms with Gasteiger partial charge in [0.25, 0.3) is 0 Å². The molecule has 0 aromatic heterocycles. The molecule has 5 aliphatic heterocycles.